The van der Waals surface area contributed by atoms with Gasteiger partial charge >= 0.3 is 0 Å². The number of ether oxygens (including phenoxy) is 3. The Bertz CT molecular complexity index is 795. The summed E-state index contributed by atoms with van der Waals surface area (Å²) >= 11 is 3.22. The minimum Gasteiger partial charge on any atom is -0.503 e. The van der Waals surface area contributed by atoms with E-state index in [0.717, 1.165) is 0 Å². The normalized spacial score (nSPS) is 10.6. The number of aromatic hydroxyl groups is 1. The van der Waals surface area contributed by atoms with Crippen LogP contribution in [0.2, 0.25) is 0 Å². The van der Waals surface area contributed by atoms with E-state index in [0.29, 0.717) is 33.9 Å². The second kappa shape index (κ2) is 9.67. The summed E-state index contributed by atoms with van der Waals surface area (Å²) < 4.78 is 16.4. The van der Waals surface area contributed by atoms with E-state index in [2.05, 4.69) is 26.5 Å². The summed E-state index contributed by atoms with van der Waals surface area (Å²) in [6.45, 7) is 2.17. The van der Waals surface area contributed by atoms with Crippen molar-refractivity contribution in [2.24, 2.45) is 5.10 Å². The number of hydrazone groups is 1. The molecule has 0 aliphatic carbocycles. The molecule has 0 fully saturated rings. The predicted molar refractivity (Wildman–Crippen MR) is 101 cm³/mol. The average molecular weight is 423 g/mol. The standard InChI is InChI=1S/C18H19BrN2O5/c1-3-25-14-6-4-5-7-15(14)26-11-17(22)21-20-10-12-8-13(19)18(23)16(9-12)24-2/h4-10,23H,3,11H2,1-2H3,(H,21,22)/b20-10-. The van der Waals surface area contributed by atoms with Crippen molar-refractivity contribution >= 4 is 28.1 Å². The number of rotatable bonds is 8. The van der Waals surface area contributed by atoms with Crippen LogP contribution in [0.5, 0.6) is 23.0 Å². The lowest BCUT2D eigenvalue weighted by Gasteiger charge is -2.10. The number of para-hydroxylation sites is 2. The molecule has 0 aromatic heterocycles. The van der Waals surface area contributed by atoms with Crippen LogP contribution in [-0.4, -0.2) is 37.6 Å². The molecule has 1 amide bonds. The average Bonchev–Trinajstić information content (AvgIpc) is 2.64. The zero-order valence-electron chi connectivity index (χ0n) is 14.4. The van der Waals surface area contributed by atoms with Crippen molar-refractivity contribution in [2.75, 3.05) is 20.3 Å². The summed E-state index contributed by atoms with van der Waals surface area (Å²) in [6.07, 6.45) is 1.43. The first-order valence-electron chi connectivity index (χ1n) is 7.78. The van der Waals surface area contributed by atoms with Crippen LogP contribution < -0.4 is 19.6 Å². The predicted octanol–water partition coefficient (Wildman–Crippen LogP) is 3.09. The van der Waals surface area contributed by atoms with Crippen molar-refractivity contribution < 1.29 is 24.1 Å². The van der Waals surface area contributed by atoms with Crippen molar-refractivity contribution in [3.63, 3.8) is 0 Å². The van der Waals surface area contributed by atoms with Gasteiger partial charge in [-0.3, -0.25) is 4.79 Å². The van der Waals surface area contributed by atoms with Crippen LogP contribution in [-0.2, 0) is 4.79 Å². The third-order valence-electron chi connectivity index (χ3n) is 3.18. The molecule has 0 radical (unpaired) electrons. The van der Waals surface area contributed by atoms with Gasteiger partial charge in [0.2, 0.25) is 0 Å². The van der Waals surface area contributed by atoms with Crippen molar-refractivity contribution in [3.8, 4) is 23.0 Å². The lowest BCUT2D eigenvalue weighted by atomic mass is 10.2. The number of halogens is 1. The van der Waals surface area contributed by atoms with E-state index in [1.807, 2.05) is 13.0 Å². The van der Waals surface area contributed by atoms with Gasteiger partial charge in [-0.1, -0.05) is 12.1 Å². The van der Waals surface area contributed by atoms with Gasteiger partial charge in [-0.2, -0.15) is 5.10 Å². The maximum atomic E-state index is 11.9. The van der Waals surface area contributed by atoms with Gasteiger partial charge in [-0.25, -0.2) is 5.43 Å². The Labute approximate surface area is 159 Å². The molecule has 2 aromatic rings. The SMILES string of the molecule is CCOc1ccccc1OCC(=O)N/N=C\c1cc(Br)c(O)c(OC)c1. The zero-order chi connectivity index (χ0) is 18.9. The highest BCUT2D eigenvalue weighted by Gasteiger charge is 2.08. The van der Waals surface area contributed by atoms with E-state index in [1.165, 1.54) is 13.3 Å². The van der Waals surface area contributed by atoms with Crippen LogP contribution in [0.3, 0.4) is 0 Å². The molecule has 2 N–H and O–H groups in total. The molecular formula is C18H19BrN2O5. The Balaban J connectivity index is 1.91. The highest BCUT2D eigenvalue weighted by Crippen LogP contribution is 2.34. The number of nitrogens with zero attached hydrogens (tertiary/aromatic N) is 1. The molecule has 0 saturated carbocycles. The molecule has 0 aliphatic rings. The first-order valence-corrected chi connectivity index (χ1v) is 8.57. The monoisotopic (exact) mass is 422 g/mol. The Morgan fingerprint density at radius 1 is 1.23 bits per heavy atom. The number of carbonyl (C=O) groups excluding carboxylic acids is 1. The van der Waals surface area contributed by atoms with E-state index in [9.17, 15) is 9.90 Å². The van der Waals surface area contributed by atoms with Gasteiger partial charge in [0.05, 0.1) is 24.4 Å². The summed E-state index contributed by atoms with van der Waals surface area (Å²) in [4.78, 5) is 11.9. The summed E-state index contributed by atoms with van der Waals surface area (Å²) in [5.41, 5.74) is 3.00. The fourth-order valence-corrected chi connectivity index (χ4v) is 2.48. The smallest absolute Gasteiger partial charge is 0.277 e. The molecule has 0 saturated heterocycles. The molecular weight excluding hydrogens is 404 g/mol. The molecule has 0 aliphatic heterocycles. The van der Waals surface area contributed by atoms with Gasteiger partial charge in [0, 0.05) is 0 Å². The van der Waals surface area contributed by atoms with Gasteiger partial charge in [-0.15, -0.1) is 0 Å². The third kappa shape index (κ3) is 5.38. The highest BCUT2D eigenvalue weighted by atomic mass is 79.9. The fraction of sp³-hybridized carbons (Fsp3) is 0.222. The Morgan fingerprint density at radius 3 is 2.58 bits per heavy atom. The quantitative estimate of drug-likeness (QED) is 0.503. The van der Waals surface area contributed by atoms with Crippen LogP contribution in [0.4, 0.5) is 0 Å². The maximum Gasteiger partial charge on any atom is 0.277 e. The van der Waals surface area contributed by atoms with Gasteiger partial charge in [0.1, 0.15) is 0 Å². The minimum atomic E-state index is -0.419. The number of phenolic OH excluding ortho intramolecular Hbond substituents is 1. The number of hydrogen-bond acceptors (Lipinski definition) is 6. The van der Waals surface area contributed by atoms with Crippen molar-refractivity contribution in [3.05, 3.63) is 46.4 Å². The van der Waals surface area contributed by atoms with E-state index < -0.39 is 5.91 Å². The summed E-state index contributed by atoms with van der Waals surface area (Å²) in [5.74, 6) is 0.934. The number of carbonyl (C=O) groups is 1. The second-order valence-corrected chi connectivity index (χ2v) is 5.87. The molecule has 0 spiro atoms. The molecule has 2 rings (SSSR count). The third-order valence-corrected chi connectivity index (χ3v) is 3.79. The molecule has 0 atom stereocenters. The van der Waals surface area contributed by atoms with Gasteiger partial charge in [0.25, 0.3) is 5.91 Å². The molecule has 0 heterocycles. The maximum absolute atomic E-state index is 11.9. The van der Waals surface area contributed by atoms with E-state index in [-0.39, 0.29) is 12.4 Å². The van der Waals surface area contributed by atoms with Gasteiger partial charge in [-0.05, 0) is 52.7 Å². The number of benzene rings is 2. The lowest BCUT2D eigenvalue weighted by molar-refractivity contribution is -0.123. The topological polar surface area (TPSA) is 89.4 Å². The van der Waals surface area contributed by atoms with Crippen molar-refractivity contribution in [2.45, 2.75) is 6.92 Å². The fourth-order valence-electron chi connectivity index (χ4n) is 2.02. The molecule has 26 heavy (non-hydrogen) atoms. The van der Waals surface area contributed by atoms with Crippen LogP contribution in [0.1, 0.15) is 12.5 Å². The van der Waals surface area contributed by atoms with Crippen LogP contribution in [0.25, 0.3) is 0 Å². The Morgan fingerprint density at radius 2 is 1.92 bits per heavy atom. The summed E-state index contributed by atoms with van der Waals surface area (Å²) in [5, 5.41) is 13.6. The molecule has 0 bridgehead atoms. The van der Waals surface area contributed by atoms with E-state index >= 15 is 0 Å². The zero-order valence-corrected chi connectivity index (χ0v) is 15.9. The Kier molecular flexibility index (Phi) is 7.28. The number of nitrogens with one attached hydrogen (secondary N) is 1. The van der Waals surface area contributed by atoms with E-state index in [4.69, 9.17) is 14.2 Å². The number of amides is 1. The molecule has 2 aromatic carbocycles. The largest absolute Gasteiger partial charge is 0.503 e. The lowest BCUT2D eigenvalue weighted by Crippen LogP contribution is -2.24. The van der Waals surface area contributed by atoms with Gasteiger partial charge < -0.3 is 19.3 Å². The number of hydrogen-bond donors (Lipinski definition) is 2. The first-order chi connectivity index (χ1) is 12.5. The molecule has 8 heteroatoms. The second-order valence-electron chi connectivity index (χ2n) is 5.02. The molecule has 138 valence electrons. The number of phenols is 1. The highest BCUT2D eigenvalue weighted by molar-refractivity contribution is 9.10. The van der Waals surface area contributed by atoms with Crippen molar-refractivity contribution in [1.29, 1.82) is 0 Å². The molecule has 7 nitrogen and oxygen atoms in total. The minimum absolute atomic E-state index is 0.00458. The van der Waals surface area contributed by atoms with Gasteiger partial charge in [0.15, 0.2) is 29.6 Å². The van der Waals surface area contributed by atoms with Crippen LogP contribution in [0, 0.1) is 0 Å². The summed E-state index contributed by atoms with van der Waals surface area (Å²) in [6, 6.07) is 10.3. The van der Waals surface area contributed by atoms with Crippen LogP contribution in [0.15, 0.2) is 46.0 Å². The Hall–Kier alpha value is -2.74. The summed E-state index contributed by atoms with van der Waals surface area (Å²) in [7, 11) is 1.45. The molecule has 0 unspecified atom stereocenters. The van der Waals surface area contributed by atoms with E-state index in [1.54, 1.807) is 30.3 Å². The van der Waals surface area contributed by atoms with Crippen LogP contribution >= 0.6 is 15.9 Å². The number of methoxy groups -OCH3 is 1. The first kappa shape index (κ1) is 19.6. The van der Waals surface area contributed by atoms with Crippen molar-refractivity contribution in [1.82, 2.24) is 5.43 Å².